The Morgan fingerprint density at radius 2 is 2.12 bits per heavy atom. The highest BCUT2D eigenvalue weighted by Crippen LogP contribution is 2.31. The highest BCUT2D eigenvalue weighted by atomic mass is 16.3. The third-order valence-electron chi connectivity index (χ3n) is 3.53. The van der Waals surface area contributed by atoms with Crippen molar-refractivity contribution >= 4 is 5.69 Å². The number of para-hydroxylation sites is 1. The van der Waals surface area contributed by atoms with Gasteiger partial charge >= 0.3 is 0 Å². The molecule has 0 saturated carbocycles. The minimum atomic E-state index is -0.465. The average Bonchev–Trinajstić information content (AvgIpc) is 2.38. The van der Waals surface area contributed by atoms with E-state index in [1.54, 1.807) is 6.92 Å². The Hall–Kier alpha value is -1.06. The number of rotatable bonds is 3. The van der Waals surface area contributed by atoms with Crippen molar-refractivity contribution in [1.29, 1.82) is 0 Å². The lowest BCUT2D eigenvalue weighted by molar-refractivity contribution is 0.198. The lowest BCUT2D eigenvalue weighted by atomic mass is 9.99. The van der Waals surface area contributed by atoms with E-state index in [2.05, 4.69) is 4.90 Å². The molecule has 94 valence electrons. The quantitative estimate of drug-likeness (QED) is 0.843. The molecule has 2 rings (SSSR count). The smallest absolute Gasteiger partial charge is 0.0781 e. The molecule has 2 N–H and O–H groups in total. The zero-order valence-electron chi connectivity index (χ0n) is 10.3. The molecule has 0 aliphatic carbocycles. The van der Waals surface area contributed by atoms with E-state index in [9.17, 15) is 10.2 Å². The molecule has 17 heavy (non-hydrogen) atoms. The van der Waals surface area contributed by atoms with Crippen LogP contribution in [0.5, 0.6) is 0 Å². The maximum absolute atomic E-state index is 9.80. The first-order chi connectivity index (χ1) is 8.24. The molecule has 0 aromatic heterocycles. The van der Waals surface area contributed by atoms with Crippen LogP contribution in [0.4, 0.5) is 5.69 Å². The van der Waals surface area contributed by atoms with Crippen molar-refractivity contribution < 1.29 is 10.2 Å². The third-order valence-corrected chi connectivity index (χ3v) is 3.53. The topological polar surface area (TPSA) is 43.7 Å². The van der Waals surface area contributed by atoms with Gasteiger partial charge in [-0.05, 0) is 32.3 Å². The molecule has 2 atom stereocenters. The first-order valence-electron chi connectivity index (χ1n) is 6.38. The fourth-order valence-electron chi connectivity index (χ4n) is 2.61. The second kappa shape index (κ2) is 5.52. The van der Waals surface area contributed by atoms with E-state index in [0.29, 0.717) is 0 Å². The maximum atomic E-state index is 9.80. The largest absolute Gasteiger partial charge is 0.394 e. The van der Waals surface area contributed by atoms with Crippen LogP contribution in [-0.2, 0) is 0 Å². The Balaban J connectivity index is 2.31. The van der Waals surface area contributed by atoms with Gasteiger partial charge in [0.05, 0.1) is 18.8 Å². The molecule has 1 fully saturated rings. The molecule has 0 radical (unpaired) electrons. The van der Waals surface area contributed by atoms with E-state index < -0.39 is 6.10 Å². The van der Waals surface area contributed by atoms with E-state index >= 15 is 0 Å². The van der Waals surface area contributed by atoms with Gasteiger partial charge in [0.1, 0.15) is 0 Å². The molecular formula is C14H21NO2. The number of benzene rings is 1. The molecule has 1 aromatic carbocycles. The lowest BCUT2D eigenvalue weighted by Crippen LogP contribution is -2.42. The van der Waals surface area contributed by atoms with Gasteiger partial charge in [0.2, 0.25) is 0 Å². The van der Waals surface area contributed by atoms with Crippen LogP contribution in [-0.4, -0.2) is 29.4 Å². The van der Waals surface area contributed by atoms with E-state index in [1.807, 2.05) is 24.3 Å². The van der Waals surface area contributed by atoms with Gasteiger partial charge < -0.3 is 15.1 Å². The summed E-state index contributed by atoms with van der Waals surface area (Å²) in [4.78, 5) is 2.24. The molecule has 3 heteroatoms. The zero-order chi connectivity index (χ0) is 12.3. The van der Waals surface area contributed by atoms with Gasteiger partial charge in [-0.15, -0.1) is 0 Å². The van der Waals surface area contributed by atoms with Crippen molar-refractivity contribution in [3.05, 3.63) is 29.8 Å². The summed E-state index contributed by atoms with van der Waals surface area (Å²) in [5.74, 6) is 0. The Morgan fingerprint density at radius 1 is 1.35 bits per heavy atom. The highest BCUT2D eigenvalue weighted by Gasteiger charge is 2.24. The molecular weight excluding hydrogens is 214 g/mol. The summed E-state index contributed by atoms with van der Waals surface area (Å²) in [6, 6.07) is 8.14. The first kappa shape index (κ1) is 12.4. The van der Waals surface area contributed by atoms with Gasteiger partial charge in [-0.25, -0.2) is 0 Å². The molecule has 1 heterocycles. The number of hydrogen-bond donors (Lipinski definition) is 2. The van der Waals surface area contributed by atoms with Crippen molar-refractivity contribution in [2.24, 2.45) is 0 Å². The minimum absolute atomic E-state index is 0.189. The summed E-state index contributed by atoms with van der Waals surface area (Å²) in [6.45, 7) is 2.94. The van der Waals surface area contributed by atoms with E-state index in [-0.39, 0.29) is 12.6 Å². The van der Waals surface area contributed by atoms with Crippen molar-refractivity contribution in [2.75, 3.05) is 18.1 Å². The fraction of sp³-hybridized carbons (Fsp3) is 0.571. The van der Waals surface area contributed by atoms with Gasteiger partial charge in [0.25, 0.3) is 0 Å². The van der Waals surface area contributed by atoms with E-state index in [4.69, 9.17) is 0 Å². The van der Waals surface area contributed by atoms with Crippen molar-refractivity contribution in [3.63, 3.8) is 0 Å². The third kappa shape index (κ3) is 2.61. The highest BCUT2D eigenvalue weighted by molar-refractivity contribution is 5.55. The Bertz CT molecular complexity index is 365. The molecule has 0 spiro atoms. The molecule has 1 aliphatic rings. The fourth-order valence-corrected chi connectivity index (χ4v) is 2.61. The summed E-state index contributed by atoms with van der Waals surface area (Å²) >= 11 is 0. The van der Waals surface area contributed by atoms with Crippen LogP contribution in [0.1, 0.15) is 37.9 Å². The SMILES string of the molecule is C[C@H](O)c1ccccc1N1CCCCC1CO. The van der Waals surface area contributed by atoms with E-state index in [1.165, 1.54) is 6.42 Å². The number of anilines is 1. The maximum Gasteiger partial charge on any atom is 0.0781 e. The van der Waals surface area contributed by atoms with Crippen LogP contribution >= 0.6 is 0 Å². The summed E-state index contributed by atoms with van der Waals surface area (Å²) in [5, 5.41) is 19.3. The monoisotopic (exact) mass is 235 g/mol. The number of hydrogen-bond acceptors (Lipinski definition) is 3. The molecule has 1 saturated heterocycles. The molecule has 1 unspecified atom stereocenters. The summed E-state index contributed by atoms with van der Waals surface area (Å²) in [7, 11) is 0. The molecule has 0 bridgehead atoms. The minimum Gasteiger partial charge on any atom is -0.394 e. The average molecular weight is 235 g/mol. The van der Waals surface area contributed by atoms with Gasteiger partial charge in [-0.2, -0.15) is 0 Å². The predicted molar refractivity (Wildman–Crippen MR) is 69.1 cm³/mol. The standard InChI is InChI=1S/C14H21NO2/c1-11(17)13-7-2-3-8-14(13)15-9-5-4-6-12(15)10-16/h2-3,7-8,11-12,16-17H,4-6,9-10H2,1H3/t11-,12?/m0/s1. The predicted octanol–water partition coefficient (Wildman–Crippen LogP) is 2.09. The van der Waals surface area contributed by atoms with Crippen molar-refractivity contribution in [1.82, 2.24) is 0 Å². The number of piperidine rings is 1. The summed E-state index contributed by atoms with van der Waals surface area (Å²) < 4.78 is 0. The first-order valence-corrected chi connectivity index (χ1v) is 6.38. The Labute approximate surface area is 103 Å². The van der Waals surface area contributed by atoms with Crippen LogP contribution in [0.15, 0.2) is 24.3 Å². The Morgan fingerprint density at radius 3 is 2.82 bits per heavy atom. The summed E-state index contributed by atoms with van der Waals surface area (Å²) in [6.07, 6.45) is 2.90. The van der Waals surface area contributed by atoms with Crippen LogP contribution < -0.4 is 4.90 Å². The van der Waals surface area contributed by atoms with Crippen LogP contribution in [0.2, 0.25) is 0 Å². The zero-order valence-corrected chi connectivity index (χ0v) is 10.3. The van der Waals surface area contributed by atoms with Crippen molar-refractivity contribution in [3.8, 4) is 0 Å². The van der Waals surface area contributed by atoms with E-state index in [0.717, 1.165) is 30.6 Å². The van der Waals surface area contributed by atoms with Gasteiger partial charge in [-0.1, -0.05) is 18.2 Å². The number of nitrogens with zero attached hydrogens (tertiary/aromatic N) is 1. The number of aliphatic hydroxyl groups excluding tert-OH is 2. The second-order valence-electron chi connectivity index (χ2n) is 4.76. The van der Waals surface area contributed by atoms with Gasteiger partial charge in [0.15, 0.2) is 0 Å². The molecule has 0 amide bonds. The molecule has 3 nitrogen and oxygen atoms in total. The van der Waals surface area contributed by atoms with Gasteiger partial charge in [0, 0.05) is 17.8 Å². The van der Waals surface area contributed by atoms with Crippen molar-refractivity contribution in [2.45, 2.75) is 38.3 Å². The second-order valence-corrected chi connectivity index (χ2v) is 4.76. The normalized spacial score (nSPS) is 22.5. The molecule has 1 aromatic rings. The lowest BCUT2D eigenvalue weighted by Gasteiger charge is -2.38. The van der Waals surface area contributed by atoms with Gasteiger partial charge in [-0.3, -0.25) is 0 Å². The summed E-state index contributed by atoms with van der Waals surface area (Å²) in [5.41, 5.74) is 2.02. The van der Waals surface area contributed by atoms with Crippen LogP contribution in [0.25, 0.3) is 0 Å². The molecule has 1 aliphatic heterocycles. The van der Waals surface area contributed by atoms with Crippen LogP contribution in [0, 0.1) is 0 Å². The van der Waals surface area contributed by atoms with Crippen LogP contribution in [0.3, 0.4) is 0 Å². The number of aliphatic hydroxyl groups is 2. The Kier molecular flexibility index (Phi) is 4.02.